The lowest BCUT2D eigenvalue weighted by Gasteiger charge is -2.53. The maximum Gasteiger partial charge on any atom is 0.404 e. The Balaban J connectivity index is 0.869. The molecular formula is C45H62F2N6O5S. The van der Waals surface area contributed by atoms with E-state index in [9.17, 15) is 27.5 Å². The van der Waals surface area contributed by atoms with Gasteiger partial charge in [0.2, 0.25) is 5.91 Å². The van der Waals surface area contributed by atoms with Gasteiger partial charge in [0.05, 0.1) is 11.4 Å². The van der Waals surface area contributed by atoms with Gasteiger partial charge in [-0.3, -0.25) is 9.69 Å². The Kier molecular flexibility index (Phi) is 12.7. The van der Waals surface area contributed by atoms with Crippen LogP contribution in [-0.4, -0.2) is 147 Å². The van der Waals surface area contributed by atoms with Crippen LogP contribution in [0.5, 0.6) is 0 Å². The minimum absolute atomic E-state index is 0.0314. The number of carbonyl (C=O) groups excluding carboxylic acids is 1. The van der Waals surface area contributed by atoms with Gasteiger partial charge in [-0.15, -0.1) is 0 Å². The number of benzene rings is 2. The lowest BCUT2D eigenvalue weighted by molar-refractivity contribution is -0.129. The molecule has 6 aliphatic rings. The van der Waals surface area contributed by atoms with Gasteiger partial charge >= 0.3 is 6.09 Å². The Morgan fingerprint density at radius 1 is 0.864 bits per heavy atom. The molecule has 0 radical (unpaired) electrons. The van der Waals surface area contributed by atoms with Gasteiger partial charge in [0.15, 0.2) is 9.84 Å². The molecule has 8 rings (SSSR count). The summed E-state index contributed by atoms with van der Waals surface area (Å²) in [6.45, 7) is 8.40. The topological polar surface area (TPSA) is 117 Å². The van der Waals surface area contributed by atoms with Crippen LogP contribution >= 0.6 is 0 Å². The number of alkyl halides is 1. The molecule has 322 valence electrons. The molecule has 2 aromatic carbocycles. The zero-order valence-electron chi connectivity index (χ0n) is 34.3. The number of piperidine rings is 2. The average Bonchev–Trinajstić information content (AvgIpc) is 3.81. The third kappa shape index (κ3) is 9.21. The SMILES string of the molecule is O=C(O)N[C@H]1CCC[C@@H]1C(CN1CCC1)(c1cccc(F)c1)C1CCN(CC2(F)CCN(c3ccc(S(=O)(=O)C4CN(C(=O)/C=C/CN5CCCCC5)C4)cc3)C2)CC1. The van der Waals surface area contributed by atoms with Crippen LogP contribution in [0.3, 0.4) is 0 Å². The normalized spacial score (nSPS) is 27.8. The Hall–Kier alpha value is -3.59. The van der Waals surface area contributed by atoms with E-state index in [1.165, 1.54) is 25.3 Å². The molecule has 0 spiro atoms. The van der Waals surface area contributed by atoms with Crippen molar-refractivity contribution in [2.75, 3.05) is 90.0 Å². The standard InChI is InChI=1S/C45H62F2N6O5S/c46-36-9-4-8-35(28-36)45(33-50-23-7-24-50,40-10-5-11-41(40)48-43(55)56)34-17-25-51(26-18-34)31-44(47)19-27-52(32-44)37-13-15-38(16-14-37)59(57,58)39-29-53(30-39)42(54)12-6-22-49-20-2-1-3-21-49/h4,6,8-9,12-16,28,34,39-41,48H,1-3,5,7,10-11,17-27,29-33H2,(H,55,56)/b12-6+/t40-,41-,44?,45?/m0/s1. The Bertz CT molecular complexity index is 1930. The van der Waals surface area contributed by atoms with Gasteiger partial charge in [-0.1, -0.05) is 31.1 Å². The number of likely N-dealkylation sites (tertiary alicyclic amines) is 4. The fourth-order valence-electron chi connectivity index (χ4n) is 11.3. The number of sulfone groups is 1. The molecule has 59 heavy (non-hydrogen) atoms. The minimum atomic E-state index is -3.62. The summed E-state index contributed by atoms with van der Waals surface area (Å²) in [4.78, 5) is 35.4. The number of nitrogens with zero attached hydrogens (tertiary/aromatic N) is 5. The van der Waals surface area contributed by atoms with Gasteiger partial charge in [-0.2, -0.15) is 0 Å². The second-order valence-corrected chi connectivity index (χ2v) is 20.5. The first-order valence-corrected chi connectivity index (χ1v) is 23.6. The highest BCUT2D eigenvalue weighted by molar-refractivity contribution is 7.92. The number of hydrogen-bond donors (Lipinski definition) is 2. The van der Waals surface area contributed by atoms with Crippen LogP contribution in [0, 0.1) is 17.7 Å². The molecule has 2 aromatic rings. The second kappa shape index (κ2) is 17.8. The van der Waals surface area contributed by atoms with Gasteiger partial charge < -0.3 is 30.0 Å². The van der Waals surface area contributed by atoms with Crippen molar-refractivity contribution in [1.29, 1.82) is 0 Å². The summed E-state index contributed by atoms with van der Waals surface area (Å²) in [6.07, 6.45) is 11.8. The van der Waals surface area contributed by atoms with Crippen molar-refractivity contribution in [3.05, 3.63) is 72.1 Å². The summed E-state index contributed by atoms with van der Waals surface area (Å²) in [7, 11) is -3.62. The van der Waals surface area contributed by atoms with Crippen LogP contribution < -0.4 is 10.2 Å². The molecule has 2 amide bonds. The number of carbonyl (C=O) groups is 2. The molecule has 2 N–H and O–H groups in total. The highest BCUT2D eigenvalue weighted by Gasteiger charge is 2.53. The predicted octanol–water partition coefficient (Wildman–Crippen LogP) is 5.56. The van der Waals surface area contributed by atoms with E-state index in [-0.39, 0.29) is 54.1 Å². The smallest absolute Gasteiger partial charge is 0.404 e. The van der Waals surface area contributed by atoms with Crippen LogP contribution in [-0.2, 0) is 20.0 Å². The molecule has 1 aliphatic carbocycles. The van der Waals surface area contributed by atoms with Gasteiger partial charge in [0.25, 0.3) is 0 Å². The highest BCUT2D eigenvalue weighted by atomic mass is 32.2. The van der Waals surface area contributed by atoms with Crippen molar-refractivity contribution in [3.8, 4) is 0 Å². The maximum atomic E-state index is 16.7. The van der Waals surface area contributed by atoms with Crippen LogP contribution in [0.1, 0.15) is 69.8 Å². The van der Waals surface area contributed by atoms with Crippen molar-refractivity contribution >= 4 is 27.5 Å². The Morgan fingerprint density at radius 3 is 2.27 bits per heavy atom. The summed E-state index contributed by atoms with van der Waals surface area (Å²) in [6, 6.07) is 13.5. The first-order chi connectivity index (χ1) is 28.4. The number of anilines is 1. The Morgan fingerprint density at radius 2 is 1.59 bits per heavy atom. The zero-order chi connectivity index (χ0) is 41.2. The molecule has 6 fully saturated rings. The molecule has 2 unspecified atom stereocenters. The van der Waals surface area contributed by atoms with Crippen molar-refractivity contribution in [3.63, 3.8) is 0 Å². The van der Waals surface area contributed by atoms with E-state index in [0.717, 1.165) is 89.0 Å². The number of hydrogen-bond acceptors (Lipinski definition) is 8. The number of rotatable bonds is 14. The van der Waals surface area contributed by atoms with Gasteiger partial charge in [0, 0.05) is 68.9 Å². The number of nitrogens with one attached hydrogen (secondary N) is 1. The summed E-state index contributed by atoms with van der Waals surface area (Å²) >= 11 is 0. The van der Waals surface area contributed by atoms with Crippen LogP contribution in [0.4, 0.5) is 19.3 Å². The average molecular weight is 837 g/mol. The number of carboxylic acid groups (broad SMARTS) is 1. The fraction of sp³-hybridized carbons (Fsp3) is 0.644. The van der Waals surface area contributed by atoms with E-state index in [2.05, 4.69) is 20.0 Å². The van der Waals surface area contributed by atoms with Gasteiger partial charge in [-0.05, 0) is 138 Å². The van der Waals surface area contributed by atoms with E-state index in [0.29, 0.717) is 32.6 Å². The van der Waals surface area contributed by atoms with Crippen molar-refractivity contribution in [2.24, 2.45) is 11.8 Å². The highest BCUT2D eigenvalue weighted by Crippen LogP contribution is 2.51. The molecule has 11 nitrogen and oxygen atoms in total. The maximum absolute atomic E-state index is 16.7. The number of amides is 2. The predicted molar refractivity (Wildman–Crippen MR) is 225 cm³/mol. The number of halogens is 2. The summed E-state index contributed by atoms with van der Waals surface area (Å²) in [5.74, 6) is -0.213. The van der Waals surface area contributed by atoms with Crippen LogP contribution in [0.25, 0.3) is 0 Å². The van der Waals surface area contributed by atoms with Crippen molar-refractivity contribution in [1.82, 2.24) is 24.9 Å². The van der Waals surface area contributed by atoms with Gasteiger partial charge in [-0.25, -0.2) is 22.0 Å². The van der Waals surface area contributed by atoms with Crippen LogP contribution in [0.15, 0.2) is 65.6 Å². The monoisotopic (exact) mass is 836 g/mol. The Labute approximate surface area is 348 Å². The largest absolute Gasteiger partial charge is 0.465 e. The van der Waals surface area contributed by atoms with E-state index < -0.39 is 32.3 Å². The first kappa shape index (κ1) is 42.1. The molecule has 14 heteroatoms. The lowest BCUT2D eigenvalue weighted by Crippen LogP contribution is -2.59. The molecule has 5 aliphatic heterocycles. The third-order valence-corrected chi connectivity index (χ3v) is 16.7. The minimum Gasteiger partial charge on any atom is -0.465 e. The van der Waals surface area contributed by atoms with Gasteiger partial charge in [0.1, 0.15) is 16.7 Å². The lowest BCUT2D eigenvalue weighted by atomic mass is 9.57. The summed E-state index contributed by atoms with van der Waals surface area (Å²) < 4.78 is 58.6. The summed E-state index contributed by atoms with van der Waals surface area (Å²) in [5.41, 5.74) is -0.121. The quantitative estimate of drug-likeness (QED) is 0.236. The third-order valence-electron chi connectivity index (χ3n) is 14.6. The summed E-state index contributed by atoms with van der Waals surface area (Å²) in [5, 5.41) is 12.0. The fourth-order valence-corrected chi connectivity index (χ4v) is 12.9. The molecular weight excluding hydrogens is 775 g/mol. The molecule has 0 bridgehead atoms. The van der Waals surface area contributed by atoms with E-state index in [1.807, 2.05) is 17.0 Å². The molecule has 1 saturated carbocycles. The van der Waals surface area contributed by atoms with E-state index in [4.69, 9.17) is 0 Å². The van der Waals surface area contributed by atoms with E-state index in [1.54, 1.807) is 47.4 Å². The molecule has 0 aromatic heterocycles. The van der Waals surface area contributed by atoms with Crippen molar-refractivity contribution < 1.29 is 31.9 Å². The van der Waals surface area contributed by atoms with E-state index >= 15 is 4.39 Å². The first-order valence-electron chi connectivity index (χ1n) is 22.1. The molecule has 5 saturated heterocycles. The van der Waals surface area contributed by atoms with Crippen molar-refractivity contribution in [2.45, 2.75) is 91.5 Å². The molecule has 4 atom stereocenters. The second-order valence-electron chi connectivity index (χ2n) is 18.3. The molecule has 5 heterocycles. The van der Waals surface area contributed by atoms with Crippen LogP contribution in [0.2, 0.25) is 0 Å². The zero-order valence-corrected chi connectivity index (χ0v) is 35.1.